The molecule has 5 heteroatoms. The van der Waals surface area contributed by atoms with Crippen molar-refractivity contribution < 1.29 is 9.53 Å². The van der Waals surface area contributed by atoms with Crippen molar-refractivity contribution in [1.29, 1.82) is 0 Å². The molecule has 1 aromatic rings. The van der Waals surface area contributed by atoms with Gasteiger partial charge in [0.15, 0.2) is 0 Å². The third-order valence-electron chi connectivity index (χ3n) is 4.24. The summed E-state index contributed by atoms with van der Waals surface area (Å²) >= 11 is 6.20. The number of rotatable bonds is 3. The highest BCUT2D eigenvalue weighted by Crippen LogP contribution is 2.19. The first-order valence-corrected chi connectivity index (χ1v) is 7.98. The van der Waals surface area contributed by atoms with Gasteiger partial charge in [0.1, 0.15) is 6.10 Å². The van der Waals surface area contributed by atoms with Crippen LogP contribution in [0.3, 0.4) is 0 Å². The van der Waals surface area contributed by atoms with Crippen LogP contribution in [0.25, 0.3) is 0 Å². The van der Waals surface area contributed by atoms with Gasteiger partial charge in [0.2, 0.25) is 0 Å². The summed E-state index contributed by atoms with van der Waals surface area (Å²) < 4.78 is 5.48. The van der Waals surface area contributed by atoms with E-state index in [4.69, 9.17) is 16.3 Å². The van der Waals surface area contributed by atoms with E-state index in [0.29, 0.717) is 0 Å². The highest BCUT2D eigenvalue weighted by Gasteiger charge is 2.30. The summed E-state index contributed by atoms with van der Waals surface area (Å²) in [6.07, 6.45) is 1.68. The molecular formula is C16H21ClN2O2. The first-order valence-electron chi connectivity index (χ1n) is 7.60. The van der Waals surface area contributed by atoms with Gasteiger partial charge in [-0.2, -0.15) is 0 Å². The molecule has 2 fully saturated rings. The maximum atomic E-state index is 12.3. The number of piperazine rings is 1. The quantitative estimate of drug-likeness (QED) is 0.858. The number of carbonyl (C=O) groups excluding carboxylic acids is 1. The summed E-state index contributed by atoms with van der Waals surface area (Å²) in [7, 11) is 0. The molecule has 0 spiro atoms. The highest BCUT2D eigenvalue weighted by atomic mass is 35.5. The van der Waals surface area contributed by atoms with Gasteiger partial charge in [-0.05, 0) is 24.5 Å². The van der Waals surface area contributed by atoms with E-state index in [0.717, 1.165) is 62.8 Å². The smallest absolute Gasteiger partial charge is 0.251 e. The maximum Gasteiger partial charge on any atom is 0.251 e. The van der Waals surface area contributed by atoms with Gasteiger partial charge in [0, 0.05) is 44.4 Å². The SMILES string of the molecule is O=C([C@@H]1CCCO1)N1CCN(Cc2ccccc2Cl)CC1. The second-order valence-electron chi connectivity index (χ2n) is 5.69. The summed E-state index contributed by atoms with van der Waals surface area (Å²) in [5.74, 6) is 0.171. The lowest BCUT2D eigenvalue weighted by Gasteiger charge is -2.35. The van der Waals surface area contributed by atoms with Gasteiger partial charge >= 0.3 is 0 Å². The Balaban J connectivity index is 1.51. The molecule has 2 aliphatic heterocycles. The fourth-order valence-electron chi connectivity index (χ4n) is 2.97. The molecule has 0 bridgehead atoms. The van der Waals surface area contributed by atoms with Crippen LogP contribution in [-0.2, 0) is 16.1 Å². The minimum atomic E-state index is -0.194. The summed E-state index contributed by atoms with van der Waals surface area (Å²) in [4.78, 5) is 16.6. The molecule has 2 aliphatic rings. The van der Waals surface area contributed by atoms with Crippen molar-refractivity contribution in [1.82, 2.24) is 9.80 Å². The van der Waals surface area contributed by atoms with Crippen LogP contribution < -0.4 is 0 Å². The molecule has 0 radical (unpaired) electrons. The number of halogens is 1. The number of amides is 1. The van der Waals surface area contributed by atoms with Gasteiger partial charge in [0.05, 0.1) is 0 Å². The van der Waals surface area contributed by atoms with E-state index in [1.54, 1.807) is 0 Å². The van der Waals surface area contributed by atoms with Crippen molar-refractivity contribution in [2.45, 2.75) is 25.5 Å². The van der Waals surface area contributed by atoms with Crippen molar-refractivity contribution >= 4 is 17.5 Å². The van der Waals surface area contributed by atoms with Gasteiger partial charge in [-0.15, -0.1) is 0 Å². The Morgan fingerprint density at radius 3 is 2.67 bits per heavy atom. The number of nitrogens with zero attached hydrogens (tertiary/aromatic N) is 2. The van der Waals surface area contributed by atoms with Gasteiger partial charge in [0.25, 0.3) is 5.91 Å². The summed E-state index contributed by atoms with van der Waals surface area (Å²) in [5, 5.41) is 0.815. The summed E-state index contributed by atoms with van der Waals surface area (Å²) in [5.41, 5.74) is 1.15. The van der Waals surface area contributed by atoms with E-state index in [-0.39, 0.29) is 12.0 Å². The number of hydrogen-bond acceptors (Lipinski definition) is 3. The molecule has 2 saturated heterocycles. The van der Waals surface area contributed by atoms with Crippen molar-refractivity contribution in [3.63, 3.8) is 0 Å². The second kappa shape index (κ2) is 6.77. The predicted molar refractivity (Wildman–Crippen MR) is 82.3 cm³/mol. The van der Waals surface area contributed by atoms with Crippen LogP contribution in [0.2, 0.25) is 5.02 Å². The third-order valence-corrected chi connectivity index (χ3v) is 4.61. The van der Waals surface area contributed by atoms with Gasteiger partial charge in [-0.25, -0.2) is 0 Å². The van der Waals surface area contributed by atoms with Crippen LogP contribution in [0.15, 0.2) is 24.3 Å². The van der Waals surface area contributed by atoms with Crippen molar-refractivity contribution in [3.8, 4) is 0 Å². The Labute approximate surface area is 130 Å². The number of carbonyl (C=O) groups is 1. The minimum absolute atomic E-state index is 0.171. The van der Waals surface area contributed by atoms with Gasteiger partial charge < -0.3 is 9.64 Å². The monoisotopic (exact) mass is 308 g/mol. The molecule has 1 amide bonds. The normalized spacial score (nSPS) is 23.5. The molecule has 0 aliphatic carbocycles. The molecule has 1 aromatic carbocycles. The zero-order valence-corrected chi connectivity index (χ0v) is 12.9. The van der Waals surface area contributed by atoms with E-state index >= 15 is 0 Å². The van der Waals surface area contributed by atoms with E-state index in [1.807, 2.05) is 23.1 Å². The van der Waals surface area contributed by atoms with Gasteiger partial charge in [-0.3, -0.25) is 9.69 Å². The van der Waals surface area contributed by atoms with Crippen LogP contribution in [-0.4, -0.2) is 54.6 Å². The third kappa shape index (κ3) is 3.57. The lowest BCUT2D eigenvalue weighted by atomic mass is 10.1. The maximum absolute atomic E-state index is 12.3. The molecule has 0 aromatic heterocycles. The fourth-order valence-corrected chi connectivity index (χ4v) is 3.17. The van der Waals surface area contributed by atoms with Crippen LogP contribution >= 0.6 is 11.6 Å². The van der Waals surface area contributed by atoms with E-state index < -0.39 is 0 Å². The first-order chi connectivity index (χ1) is 10.2. The lowest BCUT2D eigenvalue weighted by Crippen LogP contribution is -2.51. The zero-order valence-electron chi connectivity index (χ0n) is 12.1. The zero-order chi connectivity index (χ0) is 14.7. The van der Waals surface area contributed by atoms with E-state index in [2.05, 4.69) is 11.0 Å². The Hall–Kier alpha value is -1.10. The van der Waals surface area contributed by atoms with E-state index in [1.165, 1.54) is 0 Å². The molecule has 0 N–H and O–H groups in total. The van der Waals surface area contributed by atoms with Crippen LogP contribution in [0.1, 0.15) is 18.4 Å². The summed E-state index contributed by atoms with van der Waals surface area (Å²) in [6.45, 7) is 4.92. The number of ether oxygens (including phenoxy) is 1. The molecule has 4 nitrogen and oxygen atoms in total. The molecule has 21 heavy (non-hydrogen) atoms. The van der Waals surface area contributed by atoms with Crippen LogP contribution in [0.5, 0.6) is 0 Å². The Bertz CT molecular complexity index is 495. The number of benzene rings is 1. The number of hydrogen-bond donors (Lipinski definition) is 0. The molecular weight excluding hydrogens is 288 g/mol. The van der Waals surface area contributed by atoms with Crippen LogP contribution in [0.4, 0.5) is 0 Å². The Kier molecular flexibility index (Phi) is 4.78. The fraction of sp³-hybridized carbons (Fsp3) is 0.562. The average Bonchev–Trinajstić information content (AvgIpc) is 3.04. The largest absolute Gasteiger partial charge is 0.368 e. The lowest BCUT2D eigenvalue weighted by molar-refractivity contribution is -0.142. The molecule has 0 unspecified atom stereocenters. The standard InChI is InChI=1S/C16H21ClN2O2/c17-14-5-2-1-4-13(14)12-18-7-9-19(10-8-18)16(20)15-6-3-11-21-15/h1-2,4-5,15H,3,6-12H2/t15-/m0/s1. The van der Waals surface area contributed by atoms with Crippen molar-refractivity contribution in [2.24, 2.45) is 0 Å². The first kappa shape index (κ1) is 14.8. The Morgan fingerprint density at radius 1 is 1.24 bits per heavy atom. The topological polar surface area (TPSA) is 32.8 Å². The molecule has 2 heterocycles. The molecule has 3 rings (SSSR count). The molecule has 1 atom stereocenters. The predicted octanol–water partition coefficient (Wildman–Crippen LogP) is 2.16. The summed E-state index contributed by atoms with van der Waals surface area (Å²) in [6, 6.07) is 7.95. The molecule has 0 saturated carbocycles. The van der Waals surface area contributed by atoms with E-state index in [9.17, 15) is 4.79 Å². The van der Waals surface area contributed by atoms with Crippen molar-refractivity contribution in [3.05, 3.63) is 34.9 Å². The Morgan fingerprint density at radius 2 is 2.00 bits per heavy atom. The highest BCUT2D eigenvalue weighted by molar-refractivity contribution is 6.31. The average molecular weight is 309 g/mol. The van der Waals surface area contributed by atoms with Crippen molar-refractivity contribution in [2.75, 3.05) is 32.8 Å². The van der Waals surface area contributed by atoms with Gasteiger partial charge in [-0.1, -0.05) is 29.8 Å². The molecule has 114 valence electrons. The minimum Gasteiger partial charge on any atom is -0.368 e. The second-order valence-corrected chi connectivity index (χ2v) is 6.10. The van der Waals surface area contributed by atoms with Crippen LogP contribution in [0, 0.1) is 0 Å².